The van der Waals surface area contributed by atoms with Crippen LogP contribution in [-0.2, 0) is 4.74 Å². The molecule has 1 unspecified atom stereocenters. The van der Waals surface area contributed by atoms with Gasteiger partial charge in [-0.15, -0.1) is 0 Å². The molecule has 0 aliphatic carbocycles. The molecule has 0 aliphatic heterocycles. The average molecular weight is 226 g/mol. The summed E-state index contributed by atoms with van der Waals surface area (Å²) in [5.41, 5.74) is 1.40. The third-order valence-corrected chi connectivity index (χ3v) is 3.14. The van der Waals surface area contributed by atoms with E-state index < -0.39 is 0 Å². The highest BCUT2D eigenvalue weighted by Crippen LogP contribution is 2.15. The number of allylic oxidation sites excluding steroid dienone is 1. The summed E-state index contributed by atoms with van der Waals surface area (Å²) in [5, 5.41) is 0. The molecule has 16 heavy (non-hydrogen) atoms. The van der Waals surface area contributed by atoms with E-state index in [1.165, 1.54) is 50.5 Å². The van der Waals surface area contributed by atoms with Crippen molar-refractivity contribution in [3.05, 3.63) is 11.6 Å². The molecule has 1 heteroatoms. The second-order valence-electron chi connectivity index (χ2n) is 4.64. The lowest BCUT2D eigenvalue weighted by molar-refractivity contribution is 0.121. The molecule has 0 saturated carbocycles. The number of methoxy groups -OCH3 is 1. The van der Waals surface area contributed by atoms with Crippen LogP contribution in [0.15, 0.2) is 11.6 Å². The summed E-state index contributed by atoms with van der Waals surface area (Å²) in [6.07, 6.45) is 13.1. The van der Waals surface area contributed by atoms with Crippen LogP contribution in [0.2, 0.25) is 0 Å². The van der Waals surface area contributed by atoms with Crippen LogP contribution < -0.4 is 0 Å². The Morgan fingerprint density at radius 1 is 1.06 bits per heavy atom. The van der Waals surface area contributed by atoms with Crippen molar-refractivity contribution < 1.29 is 4.74 Å². The number of hydrogen-bond donors (Lipinski definition) is 0. The van der Waals surface area contributed by atoms with Gasteiger partial charge in [0.15, 0.2) is 0 Å². The van der Waals surface area contributed by atoms with Crippen molar-refractivity contribution in [2.24, 2.45) is 0 Å². The topological polar surface area (TPSA) is 9.23 Å². The van der Waals surface area contributed by atoms with E-state index in [4.69, 9.17) is 4.74 Å². The quantitative estimate of drug-likeness (QED) is 0.371. The Hall–Kier alpha value is -0.300. The van der Waals surface area contributed by atoms with Crippen molar-refractivity contribution in [3.8, 4) is 0 Å². The smallest absolute Gasteiger partial charge is 0.0778 e. The van der Waals surface area contributed by atoms with Gasteiger partial charge >= 0.3 is 0 Å². The van der Waals surface area contributed by atoms with Crippen LogP contribution in [0.3, 0.4) is 0 Å². The monoisotopic (exact) mass is 226 g/mol. The Bertz CT molecular complexity index is 172. The Kier molecular flexibility index (Phi) is 11.0. The summed E-state index contributed by atoms with van der Waals surface area (Å²) >= 11 is 0. The lowest BCUT2D eigenvalue weighted by Gasteiger charge is -2.16. The minimum atomic E-state index is 0.353. The number of rotatable bonds is 10. The molecule has 0 spiro atoms. The SMILES string of the molecule is CCC=C(C)C(CCCCCCCC)OC. The number of unbranched alkanes of at least 4 members (excludes halogenated alkanes) is 5. The second kappa shape index (κ2) is 11.2. The molecule has 0 aromatic rings. The van der Waals surface area contributed by atoms with E-state index >= 15 is 0 Å². The first-order valence-electron chi connectivity index (χ1n) is 6.95. The summed E-state index contributed by atoms with van der Waals surface area (Å²) in [6.45, 7) is 6.63. The molecular formula is C15H30O. The van der Waals surface area contributed by atoms with E-state index in [1.807, 2.05) is 7.11 Å². The zero-order valence-corrected chi connectivity index (χ0v) is 11.7. The summed E-state index contributed by atoms with van der Waals surface area (Å²) in [6, 6.07) is 0. The van der Waals surface area contributed by atoms with Gasteiger partial charge in [0, 0.05) is 7.11 Å². The molecule has 0 radical (unpaired) electrons. The van der Waals surface area contributed by atoms with E-state index in [-0.39, 0.29) is 0 Å². The highest BCUT2D eigenvalue weighted by Gasteiger charge is 2.08. The zero-order valence-electron chi connectivity index (χ0n) is 11.7. The normalized spacial score (nSPS) is 14.1. The van der Waals surface area contributed by atoms with Gasteiger partial charge in [0.25, 0.3) is 0 Å². The van der Waals surface area contributed by atoms with Crippen molar-refractivity contribution in [2.75, 3.05) is 7.11 Å². The van der Waals surface area contributed by atoms with Crippen LogP contribution in [0.25, 0.3) is 0 Å². The summed E-state index contributed by atoms with van der Waals surface area (Å²) in [7, 11) is 1.83. The van der Waals surface area contributed by atoms with Crippen LogP contribution in [0, 0.1) is 0 Å². The zero-order chi connectivity index (χ0) is 12.2. The maximum atomic E-state index is 5.52. The fourth-order valence-corrected chi connectivity index (χ4v) is 2.09. The van der Waals surface area contributed by atoms with Crippen molar-refractivity contribution in [1.29, 1.82) is 0 Å². The number of ether oxygens (including phenoxy) is 1. The molecule has 0 aliphatic rings. The Balaban J connectivity index is 3.59. The Morgan fingerprint density at radius 2 is 1.69 bits per heavy atom. The summed E-state index contributed by atoms with van der Waals surface area (Å²) < 4.78 is 5.52. The van der Waals surface area contributed by atoms with Crippen molar-refractivity contribution in [3.63, 3.8) is 0 Å². The maximum absolute atomic E-state index is 5.52. The molecule has 0 rings (SSSR count). The van der Waals surface area contributed by atoms with E-state index in [0.717, 1.165) is 6.42 Å². The highest BCUT2D eigenvalue weighted by atomic mass is 16.5. The van der Waals surface area contributed by atoms with Crippen molar-refractivity contribution in [2.45, 2.75) is 78.2 Å². The van der Waals surface area contributed by atoms with Crippen LogP contribution in [-0.4, -0.2) is 13.2 Å². The molecule has 0 N–H and O–H groups in total. The predicted octanol–water partition coefficient (Wildman–Crippen LogP) is 5.11. The van der Waals surface area contributed by atoms with Gasteiger partial charge in [-0.1, -0.05) is 58.4 Å². The average Bonchev–Trinajstić information content (AvgIpc) is 2.28. The van der Waals surface area contributed by atoms with E-state index in [0.29, 0.717) is 6.10 Å². The number of hydrogen-bond acceptors (Lipinski definition) is 1. The molecule has 0 heterocycles. The van der Waals surface area contributed by atoms with E-state index in [2.05, 4.69) is 26.8 Å². The van der Waals surface area contributed by atoms with Crippen molar-refractivity contribution >= 4 is 0 Å². The largest absolute Gasteiger partial charge is 0.377 e. The van der Waals surface area contributed by atoms with Gasteiger partial charge in [-0.05, 0) is 25.3 Å². The minimum Gasteiger partial charge on any atom is -0.377 e. The van der Waals surface area contributed by atoms with Gasteiger partial charge < -0.3 is 4.74 Å². The second-order valence-corrected chi connectivity index (χ2v) is 4.64. The minimum absolute atomic E-state index is 0.353. The fraction of sp³-hybridized carbons (Fsp3) is 0.867. The maximum Gasteiger partial charge on any atom is 0.0778 e. The van der Waals surface area contributed by atoms with Crippen LogP contribution in [0.4, 0.5) is 0 Å². The fourth-order valence-electron chi connectivity index (χ4n) is 2.09. The Morgan fingerprint density at radius 3 is 2.25 bits per heavy atom. The van der Waals surface area contributed by atoms with Crippen LogP contribution in [0.1, 0.15) is 72.1 Å². The van der Waals surface area contributed by atoms with Crippen molar-refractivity contribution in [1.82, 2.24) is 0 Å². The summed E-state index contributed by atoms with van der Waals surface area (Å²) in [5.74, 6) is 0. The standard InChI is InChI=1S/C15H30O/c1-5-7-8-9-10-11-13-15(16-4)14(3)12-6-2/h12,15H,5-11,13H2,1-4H3. The highest BCUT2D eigenvalue weighted by molar-refractivity contribution is 5.04. The first-order valence-corrected chi connectivity index (χ1v) is 6.95. The summed E-state index contributed by atoms with van der Waals surface area (Å²) in [4.78, 5) is 0. The molecule has 1 atom stereocenters. The third-order valence-electron chi connectivity index (χ3n) is 3.14. The molecule has 0 bridgehead atoms. The van der Waals surface area contributed by atoms with Gasteiger partial charge in [-0.2, -0.15) is 0 Å². The van der Waals surface area contributed by atoms with E-state index in [9.17, 15) is 0 Å². The molecule has 0 aromatic heterocycles. The van der Waals surface area contributed by atoms with Crippen LogP contribution >= 0.6 is 0 Å². The van der Waals surface area contributed by atoms with Gasteiger partial charge in [-0.3, -0.25) is 0 Å². The first kappa shape index (κ1) is 15.7. The Labute approximate surface area is 102 Å². The van der Waals surface area contributed by atoms with Gasteiger partial charge in [0.05, 0.1) is 6.10 Å². The first-order chi connectivity index (χ1) is 7.76. The van der Waals surface area contributed by atoms with Gasteiger partial charge in [-0.25, -0.2) is 0 Å². The lowest BCUT2D eigenvalue weighted by Crippen LogP contribution is -2.11. The molecule has 0 aromatic carbocycles. The lowest BCUT2D eigenvalue weighted by atomic mass is 10.0. The molecule has 0 saturated heterocycles. The van der Waals surface area contributed by atoms with Crippen LogP contribution in [0.5, 0.6) is 0 Å². The third kappa shape index (κ3) is 7.92. The predicted molar refractivity (Wildman–Crippen MR) is 72.8 cm³/mol. The van der Waals surface area contributed by atoms with E-state index in [1.54, 1.807) is 0 Å². The molecule has 0 fully saturated rings. The molecule has 1 nitrogen and oxygen atoms in total. The molecule has 96 valence electrons. The van der Waals surface area contributed by atoms with Gasteiger partial charge in [0.2, 0.25) is 0 Å². The molecule has 0 amide bonds. The molecular weight excluding hydrogens is 196 g/mol. The van der Waals surface area contributed by atoms with Gasteiger partial charge in [0.1, 0.15) is 0 Å².